The van der Waals surface area contributed by atoms with Gasteiger partial charge >= 0.3 is 5.97 Å². The summed E-state index contributed by atoms with van der Waals surface area (Å²) in [6.45, 7) is 3.79. The number of aryl methyl sites for hydroxylation is 1. The van der Waals surface area contributed by atoms with Gasteiger partial charge in [-0.1, -0.05) is 19.1 Å². The Hall–Kier alpha value is -2.15. The first-order valence-corrected chi connectivity index (χ1v) is 8.29. The Morgan fingerprint density at radius 3 is 2.43 bits per heavy atom. The maximum atomic E-state index is 12.5. The molecule has 0 saturated carbocycles. The van der Waals surface area contributed by atoms with E-state index in [-0.39, 0.29) is 5.91 Å². The van der Waals surface area contributed by atoms with Crippen molar-refractivity contribution >= 4 is 34.1 Å². The first-order valence-electron chi connectivity index (χ1n) is 7.47. The van der Waals surface area contributed by atoms with E-state index in [9.17, 15) is 19.5 Å². The van der Waals surface area contributed by atoms with Gasteiger partial charge in [0.15, 0.2) is 0 Å². The fourth-order valence-electron chi connectivity index (χ4n) is 2.93. The van der Waals surface area contributed by atoms with E-state index in [0.29, 0.717) is 29.8 Å². The highest BCUT2D eigenvalue weighted by atomic mass is 32.1. The molecular weight excluding hydrogens is 316 g/mol. The second-order valence-electron chi connectivity index (χ2n) is 5.54. The summed E-state index contributed by atoms with van der Waals surface area (Å²) in [4.78, 5) is 36.5. The van der Waals surface area contributed by atoms with E-state index < -0.39 is 23.7 Å². The molecule has 0 aromatic carbocycles. The molecule has 1 heterocycles. The number of allylic oxidation sites excluding steroid dienone is 2. The Morgan fingerprint density at radius 2 is 1.91 bits per heavy atom. The average molecular weight is 336 g/mol. The van der Waals surface area contributed by atoms with Crippen LogP contribution < -0.4 is 11.1 Å². The molecule has 1 aromatic heterocycles. The van der Waals surface area contributed by atoms with Crippen molar-refractivity contribution in [2.24, 2.45) is 17.6 Å². The molecule has 0 radical (unpaired) electrons. The average Bonchev–Trinajstić information content (AvgIpc) is 2.82. The zero-order valence-electron chi connectivity index (χ0n) is 13.1. The first-order chi connectivity index (χ1) is 10.9. The van der Waals surface area contributed by atoms with Gasteiger partial charge in [-0.2, -0.15) is 0 Å². The molecule has 0 saturated heterocycles. The van der Waals surface area contributed by atoms with Crippen molar-refractivity contribution in [2.45, 2.75) is 33.1 Å². The third-order valence-corrected chi connectivity index (χ3v) is 5.19. The lowest BCUT2D eigenvalue weighted by atomic mass is 9.82. The van der Waals surface area contributed by atoms with E-state index in [2.05, 4.69) is 5.32 Å². The lowest BCUT2D eigenvalue weighted by Gasteiger charge is -2.24. The van der Waals surface area contributed by atoms with Gasteiger partial charge in [0.1, 0.15) is 5.00 Å². The fourth-order valence-corrected chi connectivity index (χ4v) is 4.09. The highest BCUT2D eigenvalue weighted by Crippen LogP contribution is 2.35. The van der Waals surface area contributed by atoms with Crippen molar-refractivity contribution < 1.29 is 19.5 Å². The fraction of sp³-hybridized carbons (Fsp3) is 0.438. The molecule has 1 aliphatic rings. The molecule has 124 valence electrons. The smallest absolute Gasteiger partial charge is 0.307 e. The van der Waals surface area contributed by atoms with E-state index in [1.165, 1.54) is 11.3 Å². The van der Waals surface area contributed by atoms with Crippen LogP contribution in [0.15, 0.2) is 12.2 Å². The Balaban J connectivity index is 2.28. The molecule has 2 atom stereocenters. The molecule has 0 unspecified atom stereocenters. The number of nitrogens with two attached hydrogens (primary N) is 1. The minimum absolute atomic E-state index is 0.333. The molecule has 0 spiro atoms. The Morgan fingerprint density at radius 1 is 1.30 bits per heavy atom. The third-order valence-electron chi connectivity index (χ3n) is 4.13. The maximum absolute atomic E-state index is 12.5. The van der Waals surface area contributed by atoms with Crippen molar-refractivity contribution in [1.82, 2.24) is 0 Å². The molecule has 0 fully saturated rings. The summed E-state index contributed by atoms with van der Waals surface area (Å²) in [6, 6.07) is 0. The standard InChI is InChI=1S/C16H20N2O4S/c1-3-9-8(2)23-15(12(9)13(17)19)18-14(20)10-6-4-5-7-11(10)16(21)22/h4-5,10-11H,3,6-7H2,1-2H3,(H2,17,19)(H,18,20)(H,21,22)/t10-,11+/m0/s1. The van der Waals surface area contributed by atoms with E-state index in [1.807, 2.05) is 19.9 Å². The molecule has 6 nitrogen and oxygen atoms in total. The Labute approximate surface area is 138 Å². The molecule has 0 aliphatic heterocycles. The molecular formula is C16H20N2O4S. The molecule has 4 N–H and O–H groups in total. The van der Waals surface area contributed by atoms with E-state index in [1.54, 1.807) is 6.08 Å². The van der Waals surface area contributed by atoms with Gasteiger partial charge in [-0.15, -0.1) is 11.3 Å². The van der Waals surface area contributed by atoms with Crippen LogP contribution in [0.2, 0.25) is 0 Å². The van der Waals surface area contributed by atoms with Crippen molar-refractivity contribution in [1.29, 1.82) is 0 Å². The number of aliphatic carboxylic acids is 1. The van der Waals surface area contributed by atoms with E-state index in [4.69, 9.17) is 5.73 Å². The number of hydrogen-bond acceptors (Lipinski definition) is 4. The topological polar surface area (TPSA) is 109 Å². The van der Waals surface area contributed by atoms with Crippen LogP contribution in [0.3, 0.4) is 0 Å². The van der Waals surface area contributed by atoms with Crippen molar-refractivity contribution in [2.75, 3.05) is 5.32 Å². The van der Waals surface area contributed by atoms with Gasteiger partial charge in [-0.05, 0) is 31.7 Å². The Bertz CT molecular complexity index is 678. The number of carboxylic acids is 1. The largest absolute Gasteiger partial charge is 0.481 e. The highest BCUT2D eigenvalue weighted by molar-refractivity contribution is 7.16. The number of anilines is 1. The lowest BCUT2D eigenvalue weighted by molar-refractivity contribution is -0.146. The summed E-state index contributed by atoms with van der Waals surface area (Å²) >= 11 is 1.30. The van der Waals surface area contributed by atoms with Crippen LogP contribution in [0.4, 0.5) is 5.00 Å². The number of amides is 2. The quantitative estimate of drug-likeness (QED) is 0.717. The van der Waals surface area contributed by atoms with Gasteiger partial charge < -0.3 is 16.2 Å². The van der Waals surface area contributed by atoms with Crippen molar-refractivity contribution in [3.8, 4) is 0 Å². The lowest BCUT2D eigenvalue weighted by Crippen LogP contribution is -2.35. The summed E-state index contributed by atoms with van der Waals surface area (Å²) < 4.78 is 0. The number of carbonyl (C=O) groups is 3. The zero-order valence-corrected chi connectivity index (χ0v) is 13.9. The van der Waals surface area contributed by atoms with Gasteiger partial charge in [-0.3, -0.25) is 14.4 Å². The molecule has 1 aliphatic carbocycles. The van der Waals surface area contributed by atoms with E-state index >= 15 is 0 Å². The molecule has 1 aromatic rings. The number of rotatable bonds is 5. The molecule has 7 heteroatoms. The van der Waals surface area contributed by atoms with Crippen LogP contribution in [0.25, 0.3) is 0 Å². The molecule has 0 bridgehead atoms. The molecule has 23 heavy (non-hydrogen) atoms. The molecule has 2 amide bonds. The first kappa shape index (κ1) is 17.2. The maximum Gasteiger partial charge on any atom is 0.307 e. The second-order valence-corrected chi connectivity index (χ2v) is 6.77. The van der Waals surface area contributed by atoms with Crippen LogP contribution in [-0.4, -0.2) is 22.9 Å². The highest BCUT2D eigenvalue weighted by Gasteiger charge is 2.34. The van der Waals surface area contributed by atoms with Crippen molar-refractivity contribution in [3.05, 3.63) is 28.2 Å². The van der Waals surface area contributed by atoms with Gasteiger partial charge in [-0.25, -0.2) is 0 Å². The summed E-state index contributed by atoms with van der Waals surface area (Å²) in [6.07, 6.45) is 4.94. The number of carboxylic acid groups (broad SMARTS) is 1. The third kappa shape index (κ3) is 3.44. The Kier molecular flexibility index (Phi) is 5.20. The second kappa shape index (κ2) is 6.95. The predicted octanol–water partition coefficient (Wildman–Crippen LogP) is 2.32. The van der Waals surface area contributed by atoms with Gasteiger partial charge in [0.05, 0.1) is 17.4 Å². The van der Waals surface area contributed by atoms with Crippen molar-refractivity contribution in [3.63, 3.8) is 0 Å². The number of thiophene rings is 1. The van der Waals surface area contributed by atoms with Crippen LogP contribution in [-0.2, 0) is 16.0 Å². The van der Waals surface area contributed by atoms with E-state index in [0.717, 1.165) is 10.4 Å². The predicted molar refractivity (Wildman–Crippen MR) is 88.6 cm³/mol. The number of nitrogens with one attached hydrogen (secondary N) is 1. The number of carbonyl (C=O) groups excluding carboxylic acids is 2. The van der Waals surface area contributed by atoms with Crippen LogP contribution >= 0.6 is 11.3 Å². The summed E-state index contributed by atoms with van der Waals surface area (Å²) in [5.41, 5.74) is 6.61. The van der Waals surface area contributed by atoms with Gasteiger partial charge in [0.25, 0.3) is 5.91 Å². The number of primary amides is 1. The summed E-state index contributed by atoms with van der Waals surface area (Å²) in [7, 11) is 0. The normalized spacial score (nSPS) is 20.3. The van der Waals surface area contributed by atoms with Crippen LogP contribution in [0, 0.1) is 18.8 Å². The van der Waals surface area contributed by atoms with Crippen LogP contribution in [0.1, 0.15) is 40.6 Å². The van der Waals surface area contributed by atoms with Crippen LogP contribution in [0.5, 0.6) is 0 Å². The zero-order chi connectivity index (χ0) is 17.1. The minimum atomic E-state index is -0.985. The summed E-state index contributed by atoms with van der Waals surface area (Å²) in [5, 5.41) is 12.4. The number of hydrogen-bond donors (Lipinski definition) is 3. The molecule has 2 rings (SSSR count). The van der Waals surface area contributed by atoms with Gasteiger partial charge in [0, 0.05) is 4.88 Å². The minimum Gasteiger partial charge on any atom is -0.481 e. The monoisotopic (exact) mass is 336 g/mol. The summed E-state index contributed by atoms with van der Waals surface area (Å²) in [5.74, 6) is -3.34. The van der Waals surface area contributed by atoms with Gasteiger partial charge in [0.2, 0.25) is 5.91 Å². The SMILES string of the molecule is CCc1c(C)sc(NC(=O)[C@H]2CC=CC[C@H]2C(=O)O)c1C(N)=O.